The van der Waals surface area contributed by atoms with Crippen LogP contribution in [-0.4, -0.2) is 37.6 Å². The molecule has 1 amide bonds. The van der Waals surface area contributed by atoms with Crippen LogP contribution < -0.4 is 5.32 Å². The molecule has 0 spiro atoms. The Balaban J connectivity index is 1.57. The Morgan fingerprint density at radius 1 is 1.43 bits per heavy atom. The third-order valence-corrected chi connectivity index (χ3v) is 3.38. The van der Waals surface area contributed by atoms with Crippen molar-refractivity contribution in [2.75, 3.05) is 6.54 Å². The number of nitrogens with zero attached hydrogens (tertiary/aromatic N) is 4. The molecule has 2 aromatic heterocycles. The number of tetrazole rings is 1. The molecule has 0 unspecified atom stereocenters. The Kier molecular flexibility index (Phi) is 3.83. The van der Waals surface area contributed by atoms with Crippen LogP contribution in [0.3, 0.4) is 0 Å². The molecule has 0 saturated carbocycles. The van der Waals surface area contributed by atoms with Crippen molar-refractivity contribution in [3.63, 3.8) is 0 Å². The number of H-pyrrole nitrogens is 1. The highest BCUT2D eigenvalue weighted by molar-refractivity contribution is 6.31. The molecule has 2 N–H and O–H groups in total. The Bertz CT molecular complexity index is 751. The highest BCUT2D eigenvalue weighted by Gasteiger charge is 2.06. The van der Waals surface area contributed by atoms with E-state index in [9.17, 15) is 4.79 Å². The second-order valence-corrected chi connectivity index (χ2v) is 5.05. The van der Waals surface area contributed by atoms with Crippen molar-refractivity contribution in [2.45, 2.75) is 13.0 Å². The third kappa shape index (κ3) is 3.19. The predicted octanol–water partition coefficient (Wildman–Crippen LogP) is 1.17. The second-order valence-electron chi connectivity index (χ2n) is 4.61. The summed E-state index contributed by atoms with van der Waals surface area (Å²) < 4.78 is 1.38. The van der Waals surface area contributed by atoms with Crippen molar-refractivity contribution in [3.8, 4) is 0 Å². The fourth-order valence-electron chi connectivity index (χ4n) is 2.15. The molecule has 8 heteroatoms. The van der Waals surface area contributed by atoms with Crippen molar-refractivity contribution in [3.05, 3.63) is 41.3 Å². The number of carbonyl (C=O) groups excluding carboxylic acids is 1. The predicted molar refractivity (Wildman–Crippen MR) is 77.8 cm³/mol. The Morgan fingerprint density at radius 3 is 3.14 bits per heavy atom. The van der Waals surface area contributed by atoms with E-state index >= 15 is 0 Å². The maximum absolute atomic E-state index is 11.7. The van der Waals surface area contributed by atoms with Gasteiger partial charge in [0, 0.05) is 28.7 Å². The molecule has 0 aliphatic carbocycles. The summed E-state index contributed by atoms with van der Waals surface area (Å²) >= 11 is 6.01. The average Bonchev–Trinajstić information content (AvgIpc) is 3.09. The van der Waals surface area contributed by atoms with Crippen LogP contribution in [0.25, 0.3) is 10.9 Å². The Hall–Kier alpha value is -2.41. The molecule has 7 nitrogen and oxygen atoms in total. The minimum Gasteiger partial charge on any atom is -0.361 e. The number of carbonyl (C=O) groups is 1. The van der Waals surface area contributed by atoms with Gasteiger partial charge >= 0.3 is 0 Å². The van der Waals surface area contributed by atoms with Crippen molar-refractivity contribution in [2.24, 2.45) is 0 Å². The zero-order valence-corrected chi connectivity index (χ0v) is 11.8. The van der Waals surface area contributed by atoms with Gasteiger partial charge in [0.1, 0.15) is 12.9 Å². The molecule has 0 radical (unpaired) electrons. The van der Waals surface area contributed by atoms with Gasteiger partial charge in [-0.25, -0.2) is 4.68 Å². The Morgan fingerprint density at radius 2 is 2.33 bits per heavy atom. The summed E-state index contributed by atoms with van der Waals surface area (Å²) in [6.07, 6.45) is 4.07. The molecule has 0 atom stereocenters. The topological polar surface area (TPSA) is 88.5 Å². The number of fused-ring (bicyclic) bond motifs is 1. The van der Waals surface area contributed by atoms with E-state index < -0.39 is 0 Å². The summed E-state index contributed by atoms with van der Waals surface area (Å²) in [5.41, 5.74) is 2.16. The van der Waals surface area contributed by atoms with Crippen LogP contribution in [0.2, 0.25) is 5.02 Å². The van der Waals surface area contributed by atoms with Crippen molar-refractivity contribution in [1.29, 1.82) is 0 Å². The van der Waals surface area contributed by atoms with E-state index in [-0.39, 0.29) is 12.5 Å². The molecular formula is C13H13ClN6O. The van der Waals surface area contributed by atoms with Crippen LogP contribution in [0.5, 0.6) is 0 Å². The highest BCUT2D eigenvalue weighted by Crippen LogP contribution is 2.22. The summed E-state index contributed by atoms with van der Waals surface area (Å²) in [5.74, 6) is -0.125. The van der Waals surface area contributed by atoms with Gasteiger partial charge in [0.15, 0.2) is 0 Å². The molecule has 3 aromatic rings. The van der Waals surface area contributed by atoms with Crippen LogP contribution >= 0.6 is 11.6 Å². The molecule has 0 fully saturated rings. The first-order valence-electron chi connectivity index (χ1n) is 6.45. The minimum absolute atomic E-state index is 0.118. The van der Waals surface area contributed by atoms with E-state index in [2.05, 4.69) is 25.8 Å². The SMILES string of the molecule is O=C(Cn1cnnn1)NCCc1c[nH]c2ccc(Cl)cc12. The lowest BCUT2D eigenvalue weighted by atomic mass is 10.1. The number of aromatic nitrogens is 5. The summed E-state index contributed by atoms with van der Waals surface area (Å²) in [7, 11) is 0. The van der Waals surface area contributed by atoms with Gasteiger partial charge in [-0.15, -0.1) is 5.10 Å². The van der Waals surface area contributed by atoms with Gasteiger partial charge in [0.25, 0.3) is 0 Å². The lowest BCUT2D eigenvalue weighted by molar-refractivity contribution is -0.121. The number of nitrogens with one attached hydrogen (secondary N) is 2. The minimum atomic E-state index is -0.125. The molecule has 0 saturated heterocycles. The van der Waals surface area contributed by atoms with Crippen molar-refractivity contribution in [1.82, 2.24) is 30.5 Å². The van der Waals surface area contributed by atoms with Crippen LogP contribution in [0.4, 0.5) is 0 Å². The summed E-state index contributed by atoms with van der Waals surface area (Å²) in [5, 5.41) is 15.2. The number of hydrogen-bond acceptors (Lipinski definition) is 4. The summed E-state index contributed by atoms with van der Waals surface area (Å²) in [6, 6.07) is 5.71. The maximum Gasteiger partial charge on any atom is 0.241 e. The van der Waals surface area contributed by atoms with Gasteiger partial charge in [-0.05, 0) is 40.6 Å². The van der Waals surface area contributed by atoms with E-state index in [0.717, 1.165) is 22.9 Å². The second kappa shape index (κ2) is 5.92. The highest BCUT2D eigenvalue weighted by atomic mass is 35.5. The Labute approximate surface area is 125 Å². The standard InChI is InChI=1S/C13H13ClN6O/c14-10-1-2-12-11(5-10)9(6-16-12)3-4-15-13(21)7-20-8-17-18-19-20/h1-2,5-6,8,16H,3-4,7H2,(H,15,21). The van der Waals surface area contributed by atoms with E-state index in [1.165, 1.54) is 11.0 Å². The van der Waals surface area contributed by atoms with E-state index in [1.54, 1.807) is 0 Å². The normalized spacial score (nSPS) is 10.9. The third-order valence-electron chi connectivity index (χ3n) is 3.14. The monoisotopic (exact) mass is 304 g/mol. The largest absolute Gasteiger partial charge is 0.361 e. The zero-order chi connectivity index (χ0) is 14.7. The maximum atomic E-state index is 11.7. The fourth-order valence-corrected chi connectivity index (χ4v) is 2.32. The van der Waals surface area contributed by atoms with Crippen LogP contribution in [0.15, 0.2) is 30.7 Å². The quantitative estimate of drug-likeness (QED) is 0.740. The summed E-state index contributed by atoms with van der Waals surface area (Å²) in [4.78, 5) is 14.9. The number of benzene rings is 1. The summed E-state index contributed by atoms with van der Waals surface area (Å²) in [6.45, 7) is 0.660. The van der Waals surface area contributed by atoms with E-state index in [1.807, 2.05) is 24.4 Å². The van der Waals surface area contributed by atoms with Gasteiger partial charge in [-0.1, -0.05) is 11.6 Å². The number of hydrogen-bond donors (Lipinski definition) is 2. The number of rotatable bonds is 5. The lowest BCUT2D eigenvalue weighted by Crippen LogP contribution is -2.29. The van der Waals surface area contributed by atoms with Crippen molar-refractivity contribution < 1.29 is 4.79 Å². The molecule has 2 heterocycles. The van der Waals surface area contributed by atoms with Gasteiger partial charge in [0.05, 0.1) is 0 Å². The molecule has 0 aliphatic heterocycles. The molecule has 108 valence electrons. The molecule has 21 heavy (non-hydrogen) atoms. The lowest BCUT2D eigenvalue weighted by Gasteiger charge is -2.04. The van der Waals surface area contributed by atoms with Gasteiger partial charge in [-0.3, -0.25) is 4.79 Å². The van der Waals surface area contributed by atoms with Crippen LogP contribution in [-0.2, 0) is 17.8 Å². The molecule has 0 aliphatic rings. The molecular weight excluding hydrogens is 292 g/mol. The smallest absolute Gasteiger partial charge is 0.241 e. The number of halogens is 1. The molecule has 0 bridgehead atoms. The van der Waals surface area contributed by atoms with Crippen molar-refractivity contribution >= 4 is 28.4 Å². The first-order valence-corrected chi connectivity index (χ1v) is 6.83. The van der Waals surface area contributed by atoms with Gasteiger partial charge in [0.2, 0.25) is 5.91 Å². The number of amides is 1. The van der Waals surface area contributed by atoms with Crippen LogP contribution in [0, 0.1) is 0 Å². The molecule has 1 aromatic carbocycles. The van der Waals surface area contributed by atoms with Gasteiger partial charge in [-0.2, -0.15) is 0 Å². The van der Waals surface area contributed by atoms with Gasteiger partial charge < -0.3 is 10.3 Å². The van der Waals surface area contributed by atoms with E-state index in [4.69, 9.17) is 11.6 Å². The average molecular weight is 305 g/mol. The first kappa shape index (κ1) is 13.6. The van der Waals surface area contributed by atoms with Crippen LogP contribution in [0.1, 0.15) is 5.56 Å². The fraction of sp³-hybridized carbons (Fsp3) is 0.231. The molecule has 3 rings (SSSR count). The zero-order valence-electron chi connectivity index (χ0n) is 11.1. The first-order chi connectivity index (χ1) is 10.2. The van der Waals surface area contributed by atoms with E-state index in [0.29, 0.717) is 11.6 Å². The number of aromatic amines is 1.